The minimum atomic E-state index is -0.225. The Bertz CT molecular complexity index is 678. The summed E-state index contributed by atoms with van der Waals surface area (Å²) < 4.78 is 0. The summed E-state index contributed by atoms with van der Waals surface area (Å²) in [6.07, 6.45) is 0. The number of nitrogens with zero attached hydrogens (tertiary/aromatic N) is 1. The van der Waals surface area contributed by atoms with Gasteiger partial charge < -0.3 is 5.32 Å². The maximum absolute atomic E-state index is 12.0. The Hall–Kier alpha value is -2.47. The van der Waals surface area contributed by atoms with E-state index >= 15 is 0 Å². The zero-order valence-corrected chi connectivity index (χ0v) is 12.5. The molecule has 1 heterocycles. The van der Waals surface area contributed by atoms with E-state index in [2.05, 4.69) is 15.8 Å². The highest BCUT2D eigenvalue weighted by Gasteiger charge is 2.07. The number of hydrogen-bond donors (Lipinski definition) is 2. The molecule has 0 fully saturated rings. The predicted octanol–water partition coefficient (Wildman–Crippen LogP) is 2.86. The molecule has 2 aromatic rings. The second-order valence-corrected chi connectivity index (χ2v) is 5.33. The molecule has 108 valence electrons. The lowest BCUT2D eigenvalue weighted by molar-refractivity contribution is -0.118. The fraction of sp³-hybridized carbons (Fsp3) is 0.133. The Morgan fingerprint density at radius 2 is 1.95 bits per heavy atom. The van der Waals surface area contributed by atoms with Crippen molar-refractivity contribution in [3.8, 4) is 0 Å². The minimum Gasteiger partial charge on any atom is -0.321 e. The smallest absolute Gasteiger partial charge is 0.265 e. The summed E-state index contributed by atoms with van der Waals surface area (Å²) in [4.78, 5) is 23.5. The van der Waals surface area contributed by atoms with Crippen LogP contribution in [0.2, 0.25) is 0 Å². The first-order chi connectivity index (χ1) is 10.1. The molecule has 21 heavy (non-hydrogen) atoms. The average Bonchev–Trinajstić information content (AvgIpc) is 2.99. The molecule has 0 atom stereocenters. The molecule has 0 aliphatic carbocycles. The fourth-order valence-electron chi connectivity index (χ4n) is 1.65. The van der Waals surface area contributed by atoms with Gasteiger partial charge in [0.15, 0.2) is 0 Å². The molecule has 0 radical (unpaired) electrons. The number of thiophene rings is 1. The van der Waals surface area contributed by atoms with Gasteiger partial charge in [0.05, 0.1) is 10.6 Å². The van der Waals surface area contributed by atoms with E-state index in [1.165, 1.54) is 18.3 Å². The largest absolute Gasteiger partial charge is 0.321 e. The van der Waals surface area contributed by atoms with Crippen LogP contribution in [0.15, 0.2) is 46.9 Å². The topological polar surface area (TPSA) is 70.6 Å². The van der Waals surface area contributed by atoms with Crippen molar-refractivity contribution in [1.29, 1.82) is 0 Å². The quantitative estimate of drug-likeness (QED) is 0.673. The third-order valence-corrected chi connectivity index (χ3v) is 3.53. The number of rotatable bonds is 4. The number of benzene rings is 1. The number of carbonyl (C=O) groups excluding carboxylic acids is 2. The van der Waals surface area contributed by atoms with Crippen LogP contribution >= 0.6 is 11.3 Å². The van der Waals surface area contributed by atoms with Crippen LogP contribution in [-0.2, 0) is 4.79 Å². The van der Waals surface area contributed by atoms with Gasteiger partial charge in [-0.15, -0.1) is 11.3 Å². The molecule has 2 N–H and O–H groups in total. The van der Waals surface area contributed by atoms with E-state index in [1.807, 2.05) is 29.6 Å². The molecule has 2 rings (SSSR count). The van der Waals surface area contributed by atoms with Gasteiger partial charge in [-0.2, -0.15) is 5.10 Å². The van der Waals surface area contributed by atoms with Crippen LogP contribution in [0.4, 0.5) is 5.69 Å². The Morgan fingerprint density at radius 3 is 2.62 bits per heavy atom. The van der Waals surface area contributed by atoms with Crippen molar-refractivity contribution < 1.29 is 9.59 Å². The fourth-order valence-corrected chi connectivity index (χ4v) is 2.27. The van der Waals surface area contributed by atoms with Crippen LogP contribution < -0.4 is 10.7 Å². The van der Waals surface area contributed by atoms with Gasteiger partial charge in [-0.1, -0.05) is 18.2 Å². The number of carbonyl (C=O) groups is 2. The highest BCUT2D eigenvalue weighted by molar-refractivity contribution is 7.12. The summed E-state index contributed by atoms with van der Waals surface area (Å²) in [5.74, 6) is -0.366. The van der Waals surface area contributed by atoms with Crippen LogP contribution in [0.5, 0.6) is 0 Å². The van der Waals surface area contributed by atoms with Gasteiger partial charge in [-0.05, 0) is 36.1 Å². The van der Waals surface area contributed by atoms with Crippen molar-refractivity contribution in [3.05, 3.63) is 52.2 Å². The van der Waals surface area contributed by atoms with Crippen LogP contribution in [0.3, 0.4) is 0 Å². The van der Waals surface area contributed by atoms with E-state index in [-0.39, 0.29) is 11.8 Å². The number of anilines is 1. The van der Waals surface area contributed by atoms with Crippen molar-refractivity contribution in [1.82, 2.24) is 5.43 Å². The predicted molar refractivity (Wildman–Crippen MR) is 84.7 cm³/mol. The van der Waals surface area contributed by atoms with Crippen LogP contribution in [0.1, 0.15) is 29.1 Å². The molecule has 1 aromatic carbocycles. The zero-order chi connectivity index (χ0) is 15.2. The molecule has 2 amide bonds. The van der Waals surface area contributed by atoms with Crippen molar-refractivity contribution in [3.63, 3.8) is 0 Å². The highest BCUT2D eigenvalue weighted by atomic mass is 32.1. The molecule has 0 unspecified atom stereocenters. The Labute approximate surface area is 126 Å². The highest BCUT2D eigenvalue weighted by Crippen LogP contribution is 2.15. The van der Waals surface area contributed by atoms with Crippen LogP contribution in [-0.4, -0.2) is 17.5 Å². The van der Waals surface area contributed by atoms with E-state index in [4.69, 9.17) is 0 Å². The lowest BCUT2D eigenvalue weighted by Gasteiger charge is -2.06. The third kappa shape index (κ3) is 4.25. The van der Waals surface area contributed by atoms with Gasteiger partial charge in [-0.3, -0.25) is 9.59 Å². The molecule has 5 nitrogen and oxygen atoms in total. The molecule has 0 aliphatic heterocycles. The lowest BCUT2D eigenvalue weighted by Crippen LogP contribution is -2.15. The molecular weight excluding hydrogens is 286 g/mol. The summed E-state index contributed by atoms with van der Waals surface area (Å²) in [6, 6.07) is 10.9. The lowest BCUT2D eigenvalue weighted by atomic mass is 10.1. The van der Waals surface area contributed by atoms with E-state index < -0.39 is 0 Å². The number of hydrazone groups is 1. The molecule has 6 heteroatoms. The minimum absolute atomic E-state index is 0.140. The zero-order valence-electron chi connectivity index (χ0n) is 11.7. The maximum Gasteiger partial charge on any atom is 0.265 e. The SMILES string of the molecule is CC(=O)N/N=C(\C)c1cccc(NC(=O)c2cccs2)c1. The summed E-state index contributed by atoms with van der Waals surface area (Å²) in [7, 11) is 0. The number of amides is 2. The summed E-state index contributed by atoms with van der Waals surface area (Å²) >= 11 is 1.39. The second kappa shape index (κ2) is 6.81. The van der Waals surface area contributed by atoms with Gasteiger partial charge >= 0.3 is 0 Å². The molecule has 0 saturated carbocycles. The second-order valence-electron chi connectivity index (χ2n) is 4.38. The van der Waals surface area contributed by atoms with Gasteiger partial charge in [0.1, 0.15) is 0 Å². The molecule has 0 aliphatic rings. The van der Waals surface area contributed by atoms with Gasteiger partial charge in [0.2, 0.25) is 5.91 Å². The molecule has 0 saturated heterocycles. The van der Waals surface area contributed by atoms with E-state index in [0.717, 1.165) is 5.56 Å². The monoisotopic (exact) mass is 301 g/mol. The number of hydrogen-bond acceptors (Lipinski definition) is 4. The van der Waals surface area contributed by atoms with Crippen LogP contribution in [0.25, 0.3) is 0 Å². The van der Waals surface area contributed by atoms with Gasteiger partial charge in [0.25, 0.3) is 5.91 Å². The van der Waals surface area contributed by atoms with E-state index in [9.17, 15) is 9.59 Å². The Morgan fingerprint density at radius 1 is 1.14 bits per heavy atom. The molecule has 1 aromatic heterocycles. The molecular formula is C15H15N3O2S. The van der Waals surface area contributed by atoms with Crippen LogP contribution in [0, 0.1) is 0 Å². The van der Waals surface area contributed by atoms with Crippen molar-refractivity contribution in [2.75, 3.05) is 5.32 Å². The summed E-state index contributed by atoms with van der Waals surface area (Å²) in [5.41, 5.74) is 4.56. The standard InChI is InChI=1S/C15H15N3O2S/c1-10(17-18-11(2)19)12-5-3-6-13(9-12)16-15(20)14-7-4-8-21-14/h3-9H,1-2H3,(H,16,20)(H,18,19)/b17-10+. The first-order valence-electron chi connectivity index (χ1n) is 6.32. The van der Waals surface area contributed by atoms with E-state index in [1.54, 1.807) is 19.1 Å². The molecule has 0 bridgehead atoms. The normalized spacial score (nSPS) is 11.0. The van der Waals surface area contributed by atoms with Crippen molar-refractivity contribution in [2.45, 2.75) is 13.8 Å². The average molecular weight is 301 g/mol. The third-order valence-electron chi connectivity index (χ3n) is 2.66. The summed E-state index contributed by atoms with van der Waals surface area (Å²) in [5, 5.41) is 8.66. The van der Waals surface area contributed by atoms with Gasteiger partial charge in [0, 0.05) is 12.6 Å². The number of nitrogens with one attached hydrogen (secondary N) is 2. The maximum atomic E-state index is 12.0. The first kappa shape index (κ1) is 14.9. The summed E-state index contributed by atoms with van der Waals surface area (Å²) in [6.45, 7) is 3.19. The molecule has 0 spiro atoms. The van der Waals surface area contributed by atoms with Gasteiger partial charge in [-0.25, -0.2) is 5.43 Å². The first-order valence-corrected chi connectivity index (χ1v) is 7.20. The van der Waals surface area contributed by atoms with Crippen molar-refractivity contribution in [2.24, 2.45) is 5.10 Å². The van der Waals surface area contributed by atoms with E-state index in [0.29, 0.717) is 16.3 Å². The Balaban J connectivity index is 2.12. The Kier molecular flexibility index (Phi) is 4.84. The van der Waals surface area contributed by atoms with Crippen molar-refractivity contribution >= 4 is 34.6 Å².